The third-order valence-corrected chi connectivity index (χ3v) is 2.65. The van der Waals surface area contributed by atoms with E-state index < -0.39 is 0 Å². The number of ether oxygens (including phenoxy) is 1. The van der Waals surface area contributed by atoms with E-state index in [1.807, 2.05) is 24.3 Å². The highest BCUT2D eigenvalue weighted by atomic mass is 16.5. The van der Waals surface area contributed by atoms with E-state index in [1.54, 1.807) is 25.3 Å². The van der Waals surface area contributed by atoms with E-state index in [-0.39, 0.29) is 11.5 Å². The number of ketones is 1. The fourth-order valence-electron chi connectivity index (χ4n) is 1.67. The molecule has 2 rings (SSSR count). The molecule has 2 aromatic rings. The van der Waals surface area contributed by atoms with Crippen molar-refractivity contribution in [2.75, 3.05) is 7.11 Å². The molecule has 0 saturated heterocycles. The molecule has 0 aliphatic heterocycles. The second kappa shape index (κ2) is 5.87. The molecule has 0 heterocycles. The minimum atomic E-state index is -0.154. The summed E-state index contributed by atoms with van der Waals surface area (Å²) < 4.78 is 5.11. The maximum absolute atomic E-state index is 11.9. The SMILES string of the molecule is COc1cccc(/C=C/C(=O)c2cccc(O)c2)c1. The van der Waals surface area contributed by atoms with Gasteiger partial charge in [0.25, 0.3) is 0 Å². The van der Waals surface area contributed by atoms with Gasteiger partial charge in [-0.3, -0.25) is 4.79 Å². The van der Waals surface area contributed by atoms with Gasteiger partial charge in [-0.15, -0.1) is 0 Å². The van der Waals surface area contributed by atoms with Gasteiger partial charge in [0.2, 0.25) is 0 Å². The number of hydrogen-bond acceptors (Lipinski definition) is 3. The molecular formula is C16H14O3. The highest BCUT2D eigenvalue weighted by Gasteiger charge is 2.02. The Morgan fingerprint density at radius 3 is 2.68 bits per heavy atom. The Morgan fingerprint density at radius 1 is 1.16 bits per heavy atom. The summed E-state index contributed by atoms with van der Waals surface area (Å²) in [5, 5.41) is 9.32. The molecule has 3 nitrogen and oxygen atoms in total. The molecular weight excluding hydrogens is 240 g/mol. The van der Waals surface area contributed by atoms with Gasteiger partial charge in [0.05, 0.1) is 7.11 Å². The minimum Gasteiger partial charge on any atom is -0.508 e. The summed E-state index contributed by atoms with van der Waals surface area (Å²) in [4.78, 5) is 11.9. The van der Waals surface area contributed by atoms with Gasteiger partial charge in [-0.2, -0.15) is 0 Å². The Hall–Kier alpha value is -2.55. The number of aromatic hydroxyl groups is 1. The first-order valence-corrected chi connectivity index (χ1v) is 5.84. The molecule has 0 aliphatic carbocycles. The summed E-state index contributed by atoms with van der Waals surface area (Å²) in [6.45, 7) is 0. The molecule has 0 saturated carbocycles. The number of carbonyl (C=O) groups excluding carboxylic acids is 1. The van der Waals surface area contributed by atoms with Crippen molar-refractivity contribution < 1.29 is 14.6 Å². The highest BCUT2D eigenvalue weighted by molar-refractivity contribution is 6.07. The van der Waals surface area contributed by atoms with Crippen LogP contribution in [-0.4, -0.2) is 18.0 Å². The standard InChI is InChI=1S/C16H14O3/c1-19-15-7-2-4-12(10-15)8-9-16(18)13-5-3-6-14(17)11-13/h2-11,17H,1H3/b9-8+. The second-order valence-corrected chi connectivity index (χ2v) is 4.02. The van der Waals surface area contributed by atoms with Gasteiger partial charge in [-0.05, 0) is 35.9 Å². The quantitative estimate of drug-likeness (QED) is 0.672. The molecule has 3 heteroatoms. The van der Waals surface area contributed by atoms with Crippen LogP contribution in [0.4, 0.5) is 0 Å². The molecule has 1 N–H and O–H groups in total. The van der Waals surface area contributed by atoms with Crippen molar-refractivity contribution in [1.82, 2.24) is 0 Å². The topological polar surface area (TPSA) is 46.5 Å². The first-order chi connectivity index (χ1) is 9.19. The highest BCUT2D eigenvalue weighted by Crippen LogP contribution is 2.15. The monoisotopic (exact) mass is 254 g/mol. The summed E-state index contributed by atoms with van der Waals surface area (Å²) in [6, 6.07) is 13.7. The summed E-state index contributed by atoms with van der Waals surface area (Å²) in [5.74, 6) is 0.673. The van der Waals surface area contributed by atoms with Gasteiger partial charge in [0.15, 0.2) is 5.78 Å². The maximum Gasteiger partial charge on any atom is 0.185 e. The van der Waals surface area contributed by atoms with Crippen molar-refractivity contribution in [1.29, 1.82) is 0 Å². The van der Waals surface area contributed by atoms with Crippen molar-refractivity contribution in [2.45, 2.75) is 0 Å². The molecule has 0 aliphatic rings. The molecule has 0 atom stereocenters. The lowest BCUT2D eigenvalue weighted by Crippen LogP contribution is -1.93. The lowest BCUT2D eigenvalue weighted by atomic mass is 10.1. The fourth-order valence-corrected chi connectivity index (χ4v) is 1.67. The van der Waals surface area contributed by atoms with E-state index in [0.29, 0.717) is 5.56 Å². The van der Waals surface area contributed by atoms with Gasteiger partial charge in [-0.1, -0.05) is 30.3 Å². The molecule has 96 valence electrons. The van der Waals surface area contributed by atoms with Gasteiger partial charge in [0, 0.05) is 5.56 Å². The zero-order valence-corrected chi connectivity index (χ0v) is 10.5. The average Bonchev–Trinajstić information content (AvgIpc) is 2.45. The van der Waals surface area contributed by atoms with Crippen molar-refractivity contribution in [3.05, 3.63) is 65.7 Å². The average molecular weight is 254 g/mol. The van der Waals surface area contributed by atoms with Gasteiger partial charge in [0.1, 0.15) is 11.5 Å². The zero-order valence-electron chi connectivity index (χ0n) is 10.5. The number of allylic oxidation sites excluding steroid dienone is 1. The summed E-state index contributed by atoms with van der Waals surface area (Å²) in [5.41, 5.74) is 1.34. The molecule has 0 bridgehead atoms. The van der Waals surface area contributed by atoms with Crippen LogP contribution in [0.3, 0.4) is 0 Å². The third-order valence-electron chi connectivity index (χ3n) is 2.65. The minimum absolute atomic E-state index is 0.0839. The van der Waals surface area contributed by atoms with Gasteiger partial charge >= 0.3 is 0 Å². The Kier molecular flexibility index (Phi) is 3.98. The summed E-state index contributed by atoms with van der Waals surface area (Å²) >= 11 is 0. The normalized spacial score (nSPS) is 10.6. The predicted octanol–water partition coefficient (Wildman–Crippen LogP) is 3.30. The lowest BCUT2D eigenvalue weighted by molar-refractivity contribution is 0.104. The molecule has 19 heavy (non-hydrogen) atoms. The molecule has 0 spiro atoms. The van der Waals surface area contributed by atoms with E-state index in [9.17, 15) is 9.90 Å². The van der Waals surface area contributed by atoms with Crippen molar-refractivity contribution in [3.63, 3.8) is 0 Å². The maximum atomic E-state index is 11.9. The molecule has 0 fully saturated rings. The fraction of sp³-hybridized carbons (Fsp3) is 0.0625. The zero-order chi connectivity index (χ0) is 13.7. The number of phenolic OH excluding ortho intramolecular Hbond substituents is 1. The van der Waals surface area contributed by atoms with E-state index in [4.69, 9.17) is 4.74 Å². The molecule has 0 amide bonds. The first-order valence-electron chi connectivity index (χ1n) is 5.84. The van der Waals surface area contributed by atoms with Crippen LogP contribution in [-0.2, 0) is 0 Å². The van der Waals surface area contributed by atoms with Crippen LogP contribution in [0.2, 0.25) is 0 Å². The van der Waals surface area contributed by atoms with Crippen molar-refractivity contribution in [3.8, 4) is 11.5 Å². The Morgan fingerprint density at radius 2 is 1.95 bits per heavy atom. The van der Waals surface area contributed by atoms with Crippen LogP contribution >= 0.6 is 0 Å². The largest absolute Gasteiger partial charge is 0.508 e. The molecule has 0 radical (unpaired) electrons. The lowest BCUT2D eigenvalue weighted by Gasteiger charge is -2.00. The first kappa shape index (κ1) is 12.9. The van der Waals surface area contributed by atoms with Crippen molar-refractivity contribution >= 4 is 11.9 Å². The predicted molar refractivity (Wildman–Crippen MR) is 74.5 cm³/mol. The van der Waals surface area contributed by atoms with Gasteiger partial charge in [-0.25, -0.2) is 0 Å². The summed E-state index contributed by atoms with van der Waals surface area (Å²) in [6.07, 6.45) is 3.19. The number of rotatable bonds is 4. The van der Waals surface area contributed by atoms with Crippen LogP contribution in [0.1, 0.15) is 15.9 Å². The van der Waals surface area contributed by atoms with Crippen LogP contribution < -0.4 is 4.74 Å². The Balaban J connectivity index is 2.16. The smallest absolute Gasteiger partial charge is 0.185 e. The van der Waals surface area contributed by atoms with Crippen LogP contribution in [0.25, 0.3) is 6.08 Å². The Bertz CT molecular complexity index is 615. The molecule has 0 aromatic heterocycles. The van der Waals surface area contributed by atoms with E-state index in [0.717, 1.165) is 11.3 Å². The van der Waals surface area contributed by atoms with E-state index in [1.165, 1.54) is 18.2 Å². The third kappa shape index (κ3) is 3.45. The molecule has 0 unspecified atom stereocenters. The number of benzene rings is 2. The van der Waals surface area contributed by atoms with E-state index >= 15 is 0 Å². The number of methoxy groups -OCH3 is 1. The van der Waals surface area contributed by atoms with Crippen LogP contribution in [0.15, 0.2) is 54.6 Å². The molecule has 2 aromatic carbocycles. The number of carbonyl (C=O) groups is 1. The van der Waals surface area contributed by atoms with Gasteiger partial charge < -0.3 is 9.84 Å². The van der Waals surface area contributed by atoms with E-state index in [2.05, 4.69) is 0 Å². The van der Waals surface area contributed by atoms with Crippen LogP contribution in [0, 0.1) is 0 Å². The second-order valence-electron chi connectivity index (χ2n) is 4.02. The van der Waals surface area contributed by atoms with Crippen molar-refractivity contribution in [2.24, 2.45) is 0 Å². The Labute approximate surface area is 111 Å². The number of phenols is 1. The summed E-state index contributed by atoms with van der Waals surface area (Å²) in [7, 11) is 1.60. The number of hydrogen-bond donors (Lipinski definition) is 1. The van der Waals surface area contributed by atoms with Crippen LogP contribution in [0.5, 0.6) is 11.5 Å².